The second kappa shape index (κ2) is 10.2. The maximum Gasteiger partial charge on any atom is 0.158 e. The Morgan fingerprint density at radius 3 is 2.22 bits per heavy atom. The fraction of sp³-hybridized carbons (Fsp3) is 0.857. The average molecular weight is 257 g/mol. The van der Waals surface area contributed by atoms with Gasteiger partial charge in [-0.3, -0.25) is 14.5 Å². The van der Waals surface area contributed by atoms with Crippen molar-refractivity contribution in [2.75, 3.05) is 26.2 Å². The monoisotopic (exact) mass is 257 g/mol. The highest BCUT2D eigenvalue weighted by atomic mass is 16.5. The molecule has 4 heteroatoms. The molecule has 0 aromatic heterocycles. The summed E-state index contributed by atoms with van der Waals surface area (Å²) in [7, 11) is 0. The summed E-state index contributed by atoms with van der Waals surface area (Å²) in [6.07, 6.45) is 2.58. The van der Waals surface area contributed by atoms with Crippen molar-refractivity contribution in [3.05, 3.63) is 0 Å². The Labute approximate surface area is 111 Å². The second-order valence-electron chi connectivity index (χ2n) is 4.38. The highest BCUT2D eigenvalue weighted by Gasteiger charge is 2.20. The standard InChI is InChI=1S/C12H21NO3.C2H6/c1-3-11(15)9-16-12-4-6-13(7-5-12)8-10(2)14;1-2/h12H,3-9H2,1-2H3;1-2H3. The van der Waals surface area contributed by atoms with Crippen LogP contribution < -0.4 is 0 Å². The van der Waals surface area contributed by atoms with Crippen molar-refractivity contribution in [1.29, 1.82) is 0 Å². The van der Waals surface area contributed by atoms with E-state index in [-0.39, 0.29) is 24.3 Å². The largest absolute Gasteiger partial charge is 0.370 e. The summed E-state index contributed by atoms with van der Waals surface area (Å²) in [5.74, 6) is 0.367. The van der Waals surface area contributed by atoms with E-state index in [4.69, 9.17) is 4.74 Å². The van der Waals surface area contributed by atoms with E-state index in [0.29, 0.717) is 13.0 Å². The van der Waals surface area contributed by atoms with Crippen LogP contribution in [0.3, 0.4) is 0 Å². The molecule has 0 atom stereocenters. The molecule has 0 aromatic carbocycles. The van der Waals surface area contributed by atoms with Crippen LogP contribution in [0.4, 0.5) is 0 Å². The number of ketones is 2. The number of hydrogen-bond donors (Lipinski definition) is 0. The first kappa shape index (κ1) is 17.3. The molecule has 0 spiro atoms. The van der Waals surface area contributed by atoms with Gasteiger partial charge in [0, 0.05) is 19.5 Å². The van der Waals surface area contributed by atoms with E-state index < -0.39 is 0 Å². The van der Waals surface area contributed by atoms with E-state index >= 15 is 0 Å². The molecule has 18 heavy (non-hydrogen) atoms. The molecule has 0 radical (unpaired) electrons. The van der Waals surface area contributed by atoms with Gasteiger partial charge >= 0.3 is 0 Å². The van der Waals surface area contributed by atoms with Gasteiger partial charge in [0.25, 0.3) is 0 Å². The summed E-state index contributed by atoms with van der Waals surface area (Å²) in [6, 6.07) is 0. The van der Waals surface area contributed by atoms with Gasteiger partial charge in [0.1, 0.15) is 12.4 Å². The third-order valence-corrected chi connectivity index (χ3v) is 2.86. The molecule has 1 aliphatic rings. The van der Waals surface area contributed by atoms with Gasteiger partial charge in [0.15, 0.2) is 5.78 Å². The molecule has 0 saturated carbocycles. The average Bonchev–Trinajstić information content (AvgIpc) is 2.39. The fourth-order valence-corrected chi connectivity index (χ4v) is 1.86. The van der Waals surface area contributed by atoms with Crippen LogP contribution in [0.2, 0.25) is 0 Å². The van der Waals surface area contributed by atoms with Crippen molar-refractivity contribution in [2.24, 2.45) is 0 Å². The zero-order valence-corrected chi connectivity index (χ0v) is 12.2. The van der Waals surface area contributed by atoms with Gasteiger partial charge in [-0.05, 0) is 19.8 Å². The molecule has 1 heterocycles. The lowest BCUT2D eigenvalue weighted by Crippen LogP contribution is -2.39. The Morgan fingerprint density at radius 2 is 1.78 bits per heavy atom. The number of Topliss-reactive ketones (excluding diaryl/α,β-unsaturated/α-hetero) is 2. The number of hydrogen-bond acceptors (Lipinski definition) is 4. The van der Waals surface area contributed by atoms with Gasteiger partial charge in [-0.1, -0.05) is 20.8 Å². The summed E-state index contributed by atoms with van der Waals surface area (Å²) in [6.45, 7) is 10.0. The first-order chi connectivity index (χ1) is 8.61. The molecule has 1 rings (SSSR count). The number of likely N-dealkylation sites (tertiary alicyclic amines) is 1. The molecular weight excluding hydrogens is 230 g/mol. The van der Waals surface area contributed by atoms with E-state index in [1.807, 2.05) is 20.8 Å². The lowest BCUT2D eigenvalue weighted by atomic mass is 10.1. The van der Waals surface area contributed by atoms with Gasteiger partial charge in [-0.25, -0.2) is 0 Å². The van der Waals surface area contributed by atoms with Gasteiger partial charge in [-0.15, -0.1) is 0 Å². The Morgan fingerprint density at radius 1 is 1.22 bits per heavy atom. The summed E-state index contributed by atoms with van der Waals surface area (Å²) in [5, 5.41) is 0. The minimum Gasteiger partial charge on any atom is -0.370 e. The van der Waals surface area contributed by atoms with E-state index in [0.717, 1.165) is 25.9 Å². The van der Waals surface area contributed by atoms with Crippen molar-refractivity contribution >= 4 is 11.6 Å². The summed E-state index contributed by atoms with van der Waals surface area (Å²) in [5.41, 5.74) is 0. The third kappa shape index (κ3) is 7.56. The van der Waals surface area contributed by atoms with Crippen molar-refractivity contribution < 1.29 is 14.3 Å². The first-order valence-corrected chi connectivity index (χ1v) is 6.97. The number of nitrogens with zero attached hydrogens (tertiary/aromatic N) is 1. The smallest absolute Gasteiger partial charge is 0.158 e. The van der Waals surface area contributed by atoms with Crippen molar-refractivity contribution in [3.63, 3.8) is 0 Å². The molecule has 1 aliphatic heterocycles. The molecule has 106 valence electrons. The van der Waals surface area contributed by atoms with Crippen LogP contribution in [0.5, 0.6) is 0 Å². The Balaban J connectivity index is 0.00000137. The van der Waals surface area contributed by atoms with Crippen LogP contribution in [0.1, 0.15) is 47.0 Å². The molecular formula is C14H27NO3. The first-order valence-electron chi connectivity index (χ1n) is 6.97. The van der Waals surface area contributed by atoms with E-state index in [2.05, 4.69) is 4.90 Å². The molecule has 0 aliphatic carbocycles. The molecule has 0 bridgehead atoms. The maximum absolute atomic E-state index is 11.1. The van der Waals surface area contributed by atoms with Gasteiger partial charge in [-0.2, -0.15) is 0 Å². The predicted molar refractivity (Wildman–Crippen MR) is 72.7 cm³/mol. The summed E-state index contributed by atoms with van der Waals surface area (Å²) in [4.78, 5) is 24.2. The Kier molecular flexibility index (Phi) is 9.79. The van der Waals surface area contributed by atoms with Crippen LogP contribution >= 0.6 is 0 Å². The van der Waals surface area contributed by atoms with E-state index in [9.17, 15) is 9.59 Å². The highest BCUT2D eigenvalue weighted by Crippen LogP contribution is 2.13. The zero-order valence-electron chi connectivity index (χ0n) is 12.2. The van der Waals surface area contributed by atoms with Gasteiger partial charge in [0.05, 0.1) is 12.6 Å². The minimum atomic E-state index is 0.158. The number of rotatable bonds is 6. The molecule has 0 unspecified atom stereocenters. The quantitative estimate of drug-likeness (QED) is 0.730. The van der Waals surface area contributed by atoms with Crippen LogP contribution in [0.25, 0.3) is 0 Å². The Hall–Kier alpha value is -0.740. The van der Waals surface area contributed by atoms with Crippen LogP contribution in [-0.4, -0.2) is 48.8 Å². The maximum atomic E-state index is 11.1. The summed E-state index contributed by atoms with van der Waals surface area (Å²) >= 11 is 0. The Bertz CT molecular complexity index is 245. The molecule has 0 N–H and O–H groups in total. The fourth-order valence-electron chi connectivity index (χ4n) is 1.86. The lowest BCUT2D eigenvalue weighted by molar-refractivity contribution is -0.126. The lowest BCUT2D eigenvalue weighted by Gasteiger charge is -2.30. The third-order valence-electron chi connectivity index (χ3n) is 2.86. The number of carbonyl (C=O) groups excluding carboxylic acids is 2. The number of piperidine rings is 1. The van der Waals surface area contributed by atoms with Crippen LogP contribution in [-0.2, 0) is 14.3 Å². The van der Waals surface area contributed by atoms with E-state index in [1.165, 1.54) is 0 Å². The second-order valence-corrected chi connectivity index (χ2v) is 4.38. The molecule has 0 aromatic rings. The molecule has 4 nitrogen and oxygen atoms in total. The van der Waals surface area contributed by atoms with Gasteiger partial charge in [0.2, 0.25) is 0 Å². The van der Waals surface area contributed by atoms with Crippen molar-refractivity contribution in [2.45, 2.75) is 53.1 Å². The van der Waals surface area contributed by atoms with Gasteiger partial charge < -0.3 is 4.74 Å². The SMILES string of the molecule is CC.CCC(=O)COC1CCN(CC(C)=O)CC1. The normalized spacial score (nSPS) is 16.9. The highest BCUT2D eigenvalue weighted by molar-refractivity contribution is 5.79. The topological polar surface area (TPSA) is 46.6 Å². The zero-order chi connectivity index (χ0) is 14.0. The predicted octanol–water partition coefficient (Wildman–Crippen LogP) is 2.06. The van der Waals surface area contributed by atoms with Crippen LogP contribution in [0, 0.1) is 0 Å². The van der Waals surface area contributed by atoms with E-state index in [1.54, 1.807) is 6.92 Å². The number of carbonyl (C=O) groups is 2. The van der Waals surface area contributed by atoms with Crippen LogP contribution in [0.15, 0.2) is 0 Å². The summed E-state index contributed by atoms with van der Waals surface area (Å²) < 4.78 is 5.53. The molecule has 0 amide bonds. The molecule has 1 saturated heterocycles. The van der Waals surface area contributed by atoms with Crippen molar-refractivity contribution in [1.82, 2.24) is 4.90 Å². The number of ether oxygens (including phenoxy) is 1. The van der Waals surface area contributed by atoms with Crippen molar-refractivity contribution in [3.8, 4) is 0 Å². The minimum absolute atomic E-state index is 0.158. The molecule has 1 fully saturated rings.